The van der Waals surface area contributed by atoms with Crippen molar-refractivity contribution in [2.45, 2.75) is 26.2 Å². The van der Waals surface area contributed by atoms with Crippen molar-refractivity contribution in [3.05, 3.63) is 0 Å². The van der Waals surface area contributed by atoms with Gasteiger partial charge in [-0.1, -0.05) is 0 Å². The van der Waals surface area contributed by atoms with E-state index in [2.05, 4.69) is 4.90 Å². The monoisotopic (exact) mass is 307 g/mol. The van der Waals surface area contributed by atoms with Gasteiger partial charge in [0, 0.05) is 26.2 Å². The van der Waals surface area contributed by atoms with Gasteiger partial charge >= 0.3 is 0 Å². The molecule has 0 bridgehead atoms. The first-order valence-electron chi connectivity index (χ1n) is 7.58. The number of hydrogen-bond acceptors (Lipinski definition) is 5. The summed E-state index contributed by atoms with van der Waals surface area (Å²) < 4.78 is 31.2. The lowest BCUT2D eigenvalue weighted by molar-refractivity contribution is 0.162. The van der Waals surface area contributed by atoms with E-state index in [0.29, 0.717) is 19.7 Å². The molecule has 0 aromatic heterocycles. The number of unbranched alkanes of at least 4 members (excludes halogenated alkanes) is 1. The maximum atomic E-state index is 12.2. The van der Waals surface area contributed by atoms with Crippen LogP contribution >= 0.6 is 0 Å². The van der Waals surface area contributed by atoms with Gasteiger partial charge in [-0.3, -0.25) is 0 Å². The van der Waals surface area contributed by atoms with Gasteiger partial charge in [0.15, 0.2) is 0 Å². The van der Waals surface area contributed by atoms with Crippen molar-refractivity contribution < 1.29 is 13.2 Å². The summed E-state index contributed by atoms with van der Waals surface area (Å²) >= 11 is 0. The zero-order chi connectivity index (χ0) is 14.8. The molecule has 1 heterocycles. The van der Waals surface area contributed by atoms with Crippen molar-refractivity contribution in [3.8, 4) is 0 Å². The van der Waals surface area contributed by atoms with Gasteiger partial charge in [0.25, 0.3) is 0 Å². The Bertz CT molecular complexity index is 349. The fraction of sp³-hybridized carbons (Fsp3) is 1.00. The van der Waals surface area contributed by atoms with Crippen LogP contribution in [-0.4, -0.2) is 75.9 Å². The highest BCUT2D eigenvalue weighted by atomic mass is 32.2. The van der Waals surface area contributed by atoms with Crippen molar-refractivity contribution in [1.82, 2.24) is 9.21 Å². The molecule has 0 amide bonds. The summed E-state index contributed by atoms with van der Waals surface area (Å²) in [6.07, 6.45) is 3.02. The second-order valence-corrected chi connectivity index (χ2v) is 7.19. The quantitative estimate of drug-likeness (QED) is 0.611. The Morgan fingerprint density at radius 1 is 1.15 bits per heavy atom. The number of nitrogens with two attached hydrogens (primary N) is 1. The normalized spacial score (nSPS) is 19.1. The fourth-order valence-corrected chi connectivity index (χ4v) is 3.72. The summed E-state index contributed by atoms with van der Waals surface area (Å²) in [6.45, 7) is 7.48. The minimum Gasteiger partial charge on any atom is -0.381 e. The summed E-state index contributed by atoms with van der Waals surface area (Å²) in [4.78, 5) is 2.34. The van der Waals surface area contributed by atoms with E-state index in [1.807, 2.05) is 6.92 Å². The second-order valence-electron chi connectivity index (χ2n) is 5.10. The average Bonchev–Trinajstić information content (AvgIpc) is 2.65. The molecule has 20 heavy (non-hydrogen) atoms. The van der Waals surface area contributed by atoms with Crippen LogP contribution in [0.25, 0.3) is 0 Å². The highest BCUT2D eigenvalue weighted by molar-refractivity contribution is 7.89. The van der Waals surface area contributed by atoms with Crippen molar-refractivity contribution in [1.29, 1.82) is 0 Å². The topological polar surface area (TPSA) is 75.9 Å². The van der Waals surface area contributed by atoms with Crippen molar-refractivity contribution in [3.63, 3.8) is 0 Å². The maximum Gasteiger partial charge on any atom is 0.216 e. The number of sulfonamides is 1. The average molecular weight is 307 g/mol. The number of ether oxygens (including phenoxy) is 1. The first-order chi connectivity index (χ1) is 9.60. The van der Waals surface area contributed by atoms with E-state index in [1.54, 1.807) is 4.31 Å². The van der Waals surface area contributed by atoms with Crippen LogP contribution in [0.1, 0.15) is 26.2 Å². The highest BCUT2D eigenvalue weighted by Crippen LogP contribution is 2.09. The smallest absolute Gasteiger partial charge is 0.216 e. The summed E-state index contributed by atoms with van der Waals surface area (Å²) in [5.74, 6) is 0.0913. The van der Waals surface area contributed by atoms with E-state index in [1.165, 1.54) is 0 Å². The molecule has 0 aromatic rings. The Hall–Kier alpha value is -0.210. The van der Waals surface area contributed by atoms with Gasteiger partial charge in [-0.05, 0) is 45.8 Å². The lowest BCUT2D eigenvalue weighted by atomic mass is 10.3. The molecule has 0 aromatic carbocycles. The summed E-state index contributed by atoms with van der Waals surface area (Å²) in [5, 5.41) is 0. The van der Waals surface area contributed by atoms with E-state index in [0.717, 1.165) is 45.4 Å². The van der Waals surface area contributed by atoms with Gasteiger partial charge in [0.1, 0.15) is 0 Å². The Morgan fingerprint density at radius 2 is 1.95 bits per heavy atom. The zero-order valence-corrected chi connectivity index (χ0v) is 13.4. The van der Waals surface area contributed by atoms with Crippen LogP contribution in [0.4, 0.5) is 0 Å². The molecule has 0 aliphatic carbocycles. The molecule has 0 saturated carbocycles. The Kier molecular flexibility index (Phi) is 8.63. The lowest BCUT2D eigenvalue weighted by Gasteiger charge is -2.21. The first kappa shape index (κ1) is 17.8. The van der Waals surface area contributed by atoms with Gasteiger partial charge < -0.3 is 15.4 Å². The van der Waals surface area contributed by atoms with Crippen LogP contribution in [0.5, 0.6) is 0 Å². The second kappa shape index (κ2) is 9.68. The van der Waals surface area contributed by atoms with Gasteiger partial charge in [-0.2, -0.15) is 0 Å². The van der Waals surface area contributed by atoms with Gasteiger partial charge in [0.05, 0.1) is 12.4 Å². The van der Waals surface area contributed by atoms with Gasteiger partial charge in [-0.15, -0.1) is 0 Å². The van der Waals surface area contributed by atoms with E-state index >= 15 is 0 Å². The SMILES string of the molecule is CCOCCS(=O)(=O)N1CCCN(CCCCN)CC1. The summed E-state index contributed by atoms with van der Waals surface area (Å²) in [6, 6.07) is 0. The minimum atomic E-state index is -3.17. The third-order valence-electron chi connectivity index (χ3n) is 3.56. The van der Waals surface area contributed by atoms with Crippen molar-refractivity contribution in [2.75, 3.05) is 58.2 Å². The molecule has 0 spiro atoms. The minimum absolute atomic E-state index is 0.0913. The molecule has 1 saturated heterocycles. The molecule has 120 valence electrons. The Labute approximate surface area is 123 Å². The summed E-state index contributed by atoms with van der Waals surface area (Å²) in [5.41, 5.74) is 5.49. The Morgan fingerprint density at radius 3 is 2.65 bits per heavy atom. The molecule has 0 atom stereocenters. The third kappa shape index (κ3) is 6.49. The molecular formula is C13H29N3O3S. The first-order valence-corrected chi connectivity index (χ1v) is 9.19. The molecule has 6 nitrogen and oxygen atoms in total. The molecule has 1 fully saturated rings. The van der Waals surface area contributed by atoms with E-state index in [9.17, 15) is 8.42 Å². The molecule has 0 radical (unpaired) electrons. The van der Waals surface area contributed by atoms with Crippen LogP contribution in [0, 0.1) is 0 Å². The maximum absolute atomic E-state index is 12.2. The summed E-state index contributed by atoms with van der Waals surface area (Å²) in [7, 11) is -3.17. The zero-order valence-electron chi connectivity index (χ0n) is 12.6. The fourth-order valence-electron chi connectivity index (χ4n) is 2.37. The van der Waals surface area contributed by atoms with Crippen LogP contribution in [0.2, 0.25) is 0 Å². The predicted octanol–water partition coefficient (Wildman–Crippen LogP) is 0.0993. The van der Waals surface area contributed by atoms with Crippen molar-refractivity contribution in [2.24, 2.45) is 5.73 Å². The molecule has 1 aliphatic heterocycles. The Balaban J connectivity index is 2.38. The molecular weight excluding hydrogens is 278 g/mol. The molecule has 2 N–H and O–H groups in total. The lowest BCUT2D eigenvalue weighted by Crippen LogP contribution is -2.37. The van der Waals surface area contributed by atoms with Crippen LogP contribution in [0.15, 0.2) is 0 Å². The van der Waals surface area contributed by atoms with Crippen molar-refractivity contribution >= 4 is 10.0 Å². The van der Waals surface area contributed by atoms with E-state index < -0.39 is 10.0 Å². The molecule has 7 heteroatoms. The standard InChI is InChI=1S/C13H29N3O3S/c1-2-19-12-13-20(17,18)16-9-5-8-15(10-11-16)7-4-3-6-14/h2-14H2,1H3. The van der Waals surface area contributed by atoms with E-state index in [-0.39, 0.29) is 12.4 Å². The van der Waals surface area contributed by atoms with Gasteiger partial charge in [0.2, 0.25) is 10.0 Å². The van der Waals surface area contributed by atoms with Gasteiger partial charge in [-0.25, -0.2) is 12.7 Å². The molecule has 1 rings (SSSR count). The molecule has 0 unspecified atom stereocenters. The number of nitrogens with zero attached hydrogens (tertiary/aromatic N) is 2. The third-order valence-corrected chi connectivity index (χ3v) is 5.39. The molecule has 1 aliphatic rings. The largest absolute Gasteiger partial charge is 0.381 e. The van der Waals surface area contributed by atoms with Crippen LogP contribution < -0.4 is 5.73 Å². The predicted molar refractivity (Wildman–Crippen MR) is 81.2 cm³/mol. The van der Waals surface area contributed by atoms with Crippen LogP contribution in [0.3, 0.4) is 0 Å². The number of rotatable bonds is 9. The number of hydrogen-bond donors (Lipinski definition) is 1. The van der Waals surface area contributed by atoms with E-state index in [4.69, 9.17) is 10.5 Å². The van der Waals surface area contributed by atoms with Crippen LogP contribution in [-0.2, 0) is 14.8 Å². The highest BCUT2D eigenvalue weighted by Gasteiger charge is 2.24.